The second kappa shape index (κ2) is 11.0. The highest BCUT2D eigenvalue weighted by Gasteiger charge is 2.27. The zero-order valence-corrected chi connectivity index (χ0v) is 22.6. The molecule has 0 spiro atoms. The molecule has 1 N–H and O–H groups in total. The summed E-state index contributed by atoms with van der Waals surface area (Å²) in [7, 11) is 0. The predicted molar refractivity (Wildman–Crippen MR) is 153 cm³/mol. The van der Waals surface area contributed by atoms with Crippen molar-refractivity contribution in [2.45, 2.75) is 32.2 Å². The van der Waals surface area contributed by atoms with Crippen molar-refractivity contribution in [3.8, 4) is 45.9 Å². The average molecular weight is 560 g/mol. The highest BCUT2D eigenvalue weighted by Crippen LogP contribution is 2.40. The molecule has 1 fully saturated rings. The number of fused-ring (bicyclic) bond motifs is 3. The van der Waals surface area contributed by atoms with E-state index in [1.165, 1.54) is 17.8 Å². The van der Waals surface area contributed by atoms with E-state index in [4.69, 9.17) is 15.0 Å². The number of benzene rings is 1. The summed E-state index contributed by atoms with van der Waals surface area (Å²) in [6.07, 6.45) is 8.24. The molecule has 1 aromatic carbocycles. The van der Waals surface area contributed by atoms with Crippen molar-refractivity contribution in [2.75, 3.05) is 18.4 Å². The van der Waals surface area contributed by atoms with Crippen LogP contribution < -0.4 is 10.1 Å². The monoisotopic (exact) mass is 559 g/mol. The Labute approximate surface area is 241 Å². The Morgan fingerprint density at radius 2 is 1.83 bits per heavy atom. The predicted octanol–water partition coefficient (Wildman–Crippen LogP) is 4.90. The summed E-state index contributed by atoms with van der Waals surface area (Å²) in [5.74, 6) is 1.94. The minimum Gasteiger partial charge on any atom is -0.472 e. The minimum absolute atomic E-state index is 0.174. The molecule has 0 bridgehead atoms. The molecular weight excluding hydrogens is 533 g/mol. The summed E-state index contributed by atoms with van der Waals surface area (Å²) in [6, 6.07) is 17.4. The lowest BCUT2D eigenvalue weighted by molar-refractivity contribution is 0.211. The summed E-state index contributed by atoms with van der Waals surface area (Å²) in [4.78, 5) is 24.3. The number of hydrogen-bond acceptors (Lipinski definition) is 9. The molecule has 1 saturated heterocycles. The quantitative estimate of drug-likeness (QED) is 0.310. The van der Waals surface area contributed by atoms with E-state index in [1.807, 2.05) is 16.7 Å². The van der Waals surface area contributed by atoms with Crippen molar-refractivity contribution in [3.05, 3.63) is 90.5 Å². The van der Waals surface area contributed by atoms with Gasteiger partial charge in [0.1, 0.15) is 29.3 Å². The zero-order valence-electron chi connectivity index (χ0n) is 22.6. The lowest BCUT2D eigenvalue weighted by atomic mass is 10.0. The highest BCUT2D eigenvalue weighted by molar-refractivity contribution is 5.82. The van der Waals surface area contributed by atoms with Crippen LogP contribution in [-0.2, 0) is 13.3 Å². The van der Waals surface area contributed by atoms with Crippen LogP contribution in [0, 0.1) is 17.1 Å². The SMILES string of the molecule is N#Cc1nccc(NC2CCN(Cc3ccc(-c4nc5n(c4-c4ccc(F)cn4)COc4ccncc4-5)cc3)CC2)n1. The van der Waals surface area contributed by atoms with E-state index in [9.17, 15) is 4.39 Å². The Hall–Kier alpha value is -5.21. The maximum Gasteiger partial charge on any atom is 0.234 e. The van der Waals surface area contributed by atoms with Crippen LogP contribution in [0.4, 0.5) is 10.2 Å². The van der Waals surface area contributed by atoms with Gasteiger partial charge in [-0.05, 0) is 42.7 Å². The van der Waals surface area contributed by atoms with E-state index < -0.39 is 5.82 Å². The number of pyridine rings is 2. The fraction of sp³-hybridized carbons (Fsp3) is 0.226. The molecule has 0 aliphatic carbocycles. The van der Waals surface area contributed by atoms with Gasteiger partial charge in [-0.25, -0.2) is 19.3 Å². The fourth-order valence-electron chi connectivity index (χ4n) is 5.53. The second-order valence-electron chi connectivity index (χ2n) is 10.3. The number of rotatable bonds is 6. The van der Waals surface area contributed by atoms with Crippen LogP contribution in [0.1, 0.15) is 24.2 Å². The third kappa shape index (κ3) is 5.04. The van der Waals surface area contributed by atoms with Crippen LogP contribution >= 0.6 is 0 Å². The molecule has 0 radical (unpaired) electrons. The Morgan fingerprint density at radius 1 is 0.976 bits per heavy atom. The number of aromatic nitrogens is 6. The molecule has 0 saturated carbocycles. The molecule has 2 aliphatic heterocycles. The summed E-state index contributed by atoms with van der Waals surface area (Å²) in [5, 5.41) is 12.5. The summed E-state index contributed by atoms with van der Waals surface area (Å²) >= 11 is 0. The molecule has 0 amide bonds. The zero-order chi connectivity index (χ0) is 28.5. The number of piperidine rings is 1. The van der Waals surface area contributed by atoms with E-state index in [0.29, 0.717) is 17.6 Å². The molecule has 11 heteroatoms. The third-order valence-corrected chi connectivity index (χ3v) is 7.64. The first-order valence-corrected chi connectivity index (χ1v) is 13.8. The van der Waals surface area contributed by atoms with Gasteiger partial charge in [-0.2, -0.15) is 5.26 Å². The number of ether oxygens (including phenoxy) is 1. The van der Waals surface area contributed by atoms with E-state index >= 15 is 0 Å². The van der Waals surface area contributed by atoms with Gasteiger partial charge in [0.25, 0.3) is 0 Å². The number of likely N-dealkylation sites (tertiary alicyclic amines) is 1. The Bertz CT molecular complexity index is 1770. The van der Waals surface area contributed by atoms with Crippen molar-refractivity contribution < 1.29 is 9.13 Å². The molecule has 10 nitrogen and oxygen atoms in total. The first kappa shape index (κ1) is 25.7. The van der Waals surface area contributed by atoms with Gasteiger partial charge in [0, 0.05) is 49.8 Å². The fourth-order valence-corrected chi connectivity index (χ4v) is 5.53. The second-order valence-corrected chi connectivity index (χ2v) is 10.3. The van der Waals surface area contributed by atoms with Crippen LogP contribution in [0.15, 0.2) is 73.3 Å². The van der Waals surface area contributed by atoms with Crippen LogP contribution in [-0.4, -0.2) is 53.5 Å². The molecule has 4 aromatic heterocycles. The number of nitriles is 1. The molecule has 208 valence electrons. The normalized spacial score (nSPS) is 14.9. The van der Waals surface area contributed by atoms with Crippen molar-refractivity contribution in [2.24, 2.45) is 0 Å². The number of anilines is 1. The maximum atomic E-state index is 13.7. The van der Waals surface area contributed by atoms with Gasteiger partial charge >= 0.3 is 0 Å². The van der Waals surface area contributed by atoms with Crippen LogP contribution in [0.25, 0.3) is 34.0 Å². The number of halogens is 1. The van der Waals surface area contributed by atoms with Crippen molar-refractivity contribution >= 4 is 5.82 Å². The highest BCUT2D eigenvalue weighted by atomic mass is 19.1. The first-order chi connectivity index (χ1) is 20.6. The van der Waals surface area contributed by atoms with Crippen molar-refractivity contribution in [3.63, 3.8) is 0 Å². The largest absolute Gasteiger partial charge is 0.472 e. The smallest absolute Gasteiger partial charge is 0.234 e. The van der Waals surface area contributed by atoms with Crippen molar-refractivity contribution in [1.29, 1.82) is 5.26 Å². The third-order valence-electron chi connectivity index (χ3n) is 7.64. The number of hydrogen-bond donors (Lipinski definition) is 1. The van der Waals surface area contributed by atoms with Gasteiger partial charge in [-0.3, -0.25) is 19.4 Å². The maximum absolute atomic E-state index is 13.7. The van der Waals surface area contributed by atoms with E-state index in [2.05, 4.69) is 54.4 Å². The van der Waals surface area contributed by atoms with Gasteiger partial charge < -0.3 is 10.1 Å². The Balaban J connectivity index is 1.09. The average Bonchev–Trinajstić information content (AvgIpc) is 3.43. The van der Waals surface area contributed by atoms with E-state index in [0.717, 1.165) is 66.6 Å². The lowest BCUT2D eigenvalue weighted by Gasteiger charge is -2.32. The summed E-state index contributed by atoms with van der Waals surface area (Å²) in [5.41, 5.74) is 5.10. The molecule has 2 aliphatic rings. The number of nitrogens with one attached hydrogen (secondary N) is 1. The molecule has 7 rings (SSSR count). The first-order valence-electron chi connectivity index (χ1n) is 13.8. The lowest BCUT2D eigenvalue weighted by Crippen LogP contribution is -2.38. The number of imidazole rings is 1. The molecule has 5 aromatic rings. The topological polar surface area (TPSA) is 118 Å². The van der Waals surface area contributed by atoms with Crippen LogP contribution in [0.2, 0.25) is 0 Å². The molecule has 42 heavy (non-hydrogen) atoms. The Kier molecular flexibility index (Phi) is 6.73. The molecular formula is C31H26FN9O. The Morgan fingerprint density at radius 3 is 2.62 bits per heavy atom. The van der Waals surface area contributed by atoms with Gasteiger partial charge in [0.2, 0.25) is 5.82 Å². The molecule has 0 unspecified atom stereocenters. The van der Waals surface area contributed by atoms with Gasteiger partial charge in [0.15, 0.2) is 6.73 Å². The molecule has 0 atom stereocenters. The standard InChI is InChI=1S/C31H26FN9O/c32-22-5-6-25(36-16-22)30-29(39-31-24-17-34-11-7-26(24)42-19-41(30)31)21-3-1-20(2-4-21)18-40-13-9-23(10-14-40)37-27-8-12-35-28(15-33)38-27/h1-8,11-12,16-17,23H,9-10,13-14,18-19H2,(H,35,37,38). The van der Waals surface area contributed by atoms with Crippen LogP contribution in [0.3, 0.4) is 0 Å². The molecule has 6 heterocycles. The van der Waals surface area contributed by atoms with Gasteiger partial charge in [-0.1, -0.05) is 24.3 Å². The van der Waals surface area contributed by atoms with E-state index in [1.54, 1.807) is 30.7 Å². The van der Waals surface area contributed by atoms with Crippen LogP contribution in [0.5, 0.6) is 5.75 Å². The van der Waals surface area contributed by atoms with E-state index in [-0.39, 0.29) is 12.6 Å². The van der Waals surface area contributed by atoms with Gasteiger partial charge in [0.05, 0.1) is 28.8 Å². The summed E-state index contributed by atoms with van der Waals surface area (Å²) < 4.78 is 21.7. The minimum atomic E-state index is -0.393. The summed E-state index contributed by atoms with van der Waals surface area (Å²) in [6.45, 7) is 3.03. The van der Waals surface area contributed by atoms with Gasteiger partial charge in [-0.15, -0.1) is 0 Å². The van der Waals surface area contributed by atoms with Crippen molar-refractivity contribution in [1.82, 2.24) is 34.4 Å². The number of nitrogens with zero attached hydrogens (tertiary/aromatic N) is 8.